The van der Waals surface area contributed by atoms with E-state index in [0.717, 1.165) is 22.8 Å². The fraction of sp³-hybridized carbons (Fsp3) is 0.647. The summed E-state index contributed by atoms with van der Waals surface area (Å²) < 4.78 is 5.62. The first-order valence-electron chi connectivity index (χ1n) is 7.85. The van der Waals surface area contributed by atoms with E-state index in [0.29, 0.717) is 5.92 Å². The van der Waals surface area contributed by atoms with Gasteiger partial charge in [0.25, 0.3) is 0 Å². The summed E-state index contributed by atoms with van der Waals surface area (Å²) in [4.78, 5) is 12.4. The van der Waals surface area contributed by atoms with E-state index in [2.05, 4.69) is 17.5 Å². The van der Waals surface area contributed by atoms with Gasteiger partial charge < -0.3 is 4.42 Å². The Balaban J connectivity index is 1.66. The molecule has 1 amide bonds. The number of amides is 1. The van der Waals surface area contributed by atoms with Crippen molar-refractivity contribution >= 4 is 11.6 Å². The third kappa shape index (κ3) is 2.41. The van der Waals surface area contributed by atoms with Crippen molar-refractivity contribution in [3.05, 3.63) is 23.2 Å². The molecule has 1 aromatic heterocycles. The molecule has 0 aliphatic heterocycles. The van der Waals surface area contributed by atoms with Gasteiger partial charge in [0, 0.05) is 5.92 Å². The first kappa shape index (κ1) is 14.4. The first-order chi connectivity index (χ1) is 9.93. The van der Waals surface area contributed by atoms with E-state index in [-0.39, 0.29) is 17.2 Å². The zero-order chi connectivity index (χ0) is 15.2. The number of rotatable bonds is 3. The highest BCUT2D eigenvalue weighted by atomic mass is 16.3. The fourth-order valence-electron chi connectivity index (χ4n) is 4.11. The summed E-state index contributed by atoms with van der Waals surface area (Å²) in [5.41, 5.74) is 4.75. The van der Waals surface area contributed by atoms with Crippen LogP contribution >= 0.6 is 0 Å². The Bertz CT molecular complexity index is 602. The molecule has 2 saturated carbocycles. The number of hydrogen-bond donors (Lipinski definition) is 1. The highest BCUT2D eigenvalue weighted by molar-refractivity contribution is 5.98. The fourth-order valence-corrected chi connectivity index (χ4v) is 4.11. The number of nitrogens with zero attached hydrogens (tertiary/aromatic N) is 1. The molecule has 0 bridgehead atoms. The van der Waals surface area contributed by atoms with Crippen molar-refractivity contribution in [2.24, 2.45) is 22.4 Å². The zero-order valence-corrected chi connectivity index (χ0v) is 13.3. The van der Waals surface area contributed by atoms with Crippen LogP contribution < -0.4 is 5.43 Å². The van der Waals surface area contributed by atoms with Crippen molar-refractivity contribution in [3.63, 3.8) is 0 Å². The normalized spacial score (nSPS) is 31.7. The second-order valence-electron chi connectivity index (χ2n) is 6.88. The van der Waals surface area contributed by atoms with Crippen molar-refractivity contribution in [2.45, 2.75) is 53.4 Å². The minimum atomic E-state index is 0.0738. The molecule has 0 unspecified atom stereocenters. The number of nitrogens with one attached hydrogen (secondary N) is 1. The molecule has 3 rings (SSSR count). The summed E-state index contributed by atoms with van der Waals surface area (Å²) in [6.45, 7) is 8.02. The summed E-state index contributed by atoms with van der Waals surface area (Å²) in [5, 5.41) is 4.24. The van der Waals surface area contributed by atoms with Crippen LogP contribution in [0, 0.1) is 31.1 Å². The lowest BCUT2D eigenvalue weighted by atomic mass is 9.90. The highest BCUT2D eigenvalue weighted by Crippen LogP contribution is 2.66. The van der Waals surface area contributed by atoms with Crippen LogP contribution in [0.3, 0.4) is 0 Å². The average Bonchev–Trinajstić information content (AvgIpc) is 2.93. The highest BCUT2D eigenvalue weighted by Gasteiger charge is 2.64. The lowest BCUT2D eigenvalue weighted by Gasteiger charge is -2.15. The maximum Gasteiger partial charge on any atom is 0.244 e. The Morgan fingerprint density at radius 3 is 2.76 bits per heavy atom. The number of fused-ring (bicyclic) bond motifs is 1. The first-order valence-corrected chi connectivity index (χ1v) is 7.85. The minimum Gasteiger partial charge on any atom is -0.460 e. The Morgan fingerprint density at radius 2 is 2.19 bits per heavy atom. The predicted octanol–water partition coefficient (Wildman–Crippen LogP) is 3.56. The van der Waals surface area contributed by atoms with Crippen LogP contribution in [0.4, 0.5) is 0 Å². The van der Waals surface area contributed by atoms with Crippen molar-refractivity contribution in [3.8, 4) is 0 Å². The molecule has 2 aliphatic rings. The van der Waals surface area contributed by atoms with Gasteiger partial charge >= 0.3 is 0 Å². The number of carbonyl (C=O) groups is 1. The molecule has 0 aromatic carbocycles. The SMILES string of the molecule is C/C(=N/NC(=O)[C@@H]1[C@@H]2CCCC[C@]12C)c1oc(C)cc1C. The molecule has 21 heavy (non-hydrogen) atoms. The zero-order valence-electron chi connectivity index (χ0n) is 13.3. The average molecular weight is 288 g/mol. The van der Waals surface area contributed by atoms with Gasteiger partial charge in [0.2, 0.25) is 5.91 Å². The maximum atomic E-state index is 12.4. The van der Waals surface area contributed by atoms with Crippen molar-refractivity contribution in [1.29, 1.82) is 0 Å². The van der Waals surface area contributed by atoms with Gasteiger partial charge in [0.05, 0.1) is 0 Å². The summed E-state index contributed by atoms with van der Waals surface area (Å²) in [6, 6.07) is 1.98. The monoisotopic (exact) mass is 288 g/mol. The quantitative estimate of drug-likeness (QED) is 0.683. The standard InChI is InChI=1S/C17H24N2O2/c1-10-9-11(2)21-15(10)12(3)18-19-16(20)14-13-7-5-6-8-17(13,14)4/h9,13-14H,5-8H2,1-4H3,(H,19,20)/b18-12-/t13-,14-,17-/m0/s1. The molecule has 1 aromatic rings. The Morgan fingerprint density at radius 1 is 1.43 bits per heavy atom. The third-order valence-electron chi connectivity index (χ3n) is 5.32. The number of aryl methyl sites for hydroxylation is 2. The van der Waals surface area contributed by atoms with E-state index in [1.165, 1.54) is 25.7 Å². The van der Waals surface area contributed by atoms with Crippen molar-refractivity contribution in [2.75, 3.05) is 0 Å². The van der Waals surface area contributed by atoms with Crippen LogP contribution in [0.15, 0.2) is 15.6 Å². The molecule has 1 heterocycles. The number of hydrazone groups is 1. The van der Waals surface area contributed by atoms with Crippen molar-refractivity contribution in [1.82, 2.24) is 5.43 Å². The molecule has 2 fully saturated rings. The Kier molecular flexibility index (Phi) is 3.42. The van der Waals surface area contributed by atoms with Gasteiger partial charge in [0.1, 0.15) is 11.5 Å². The Labute approximate surface area is 126 Å². The van der Waals surface area contributed by atoms with Gasteiger partial charge in [-0.1, -0.05) is 19.8 Å². The second-order valence-corrected chi connectivity index (χ2v) is 6.88. The van der Waals surface area contributed by atoms with E-state index in [1.807, 2.05) is 26.8 Å². The van der Waals surface area contributed by atoms with Crippen LogP contribution in [0.25, 0.3) is 0 Å². The van der Waals surface area contributed by atoms with Gasteiger partial charge in [-0.05, 0) is 56.6 Å². The van der Waals surface area contributed by atoms with Crippen molar-refractivity contribution < 1.29 is 9.21 Å². The van der Waals surface area contributed by atoms with E-state index in [9.17, 15) is 4.79 Å². The number of carbonyl (C=O) groups excluding carboxylic acids is 1. The van der Waals surface area contributed by atoms with E-state index >= 15 is 0 Å². The Hall–Kier alpha value is -1.58. The van der Waals surface area contributed by atoms with Gasteiger partial charge in [-0.25, -0.2) is 5.43 Å². The van der Waals surface area contributed by atoms with Crippen LogP contribution in [0.5, 0.6) is 0 Å². The smallest absolute Gasteiger partial charge is 0.244 e. The molecule has 0 saturated heterocycles. The van der Waals surface area contributed by atoms with Gasteiger partial charge in [-0.2, -0.15) is 5.10 Å². The molecular weight excluding hydrogens is 264 g/mol. The lowest BCUT2D eigenvalue weighted by molar-refractivity contribution is -0.123. The third-order valence-corrected chi connectivity index (χ3v) is 5.32. The lowest BCUT2D eigenvalue weighted by Crippen LogP contribution is -2.23. The topological polar surface area (TPSA) is 54.6 Å². The molecule has 2 aliphatic carbocycles. The summed E-state index contributed by atoms with van der Waals surface area (Å²) in [6.07, 6.45) is 4.88. The van der Waals surface area contributed by atoms with Gasteiger partial charge in [-0.3, -0.25) is 4.79 Å². The molecule has 1 N–H and O–H groups in total. The number of hydrogen-bond acceptors (Lipinski definition) is 3. The summed E-state index contributed by atoms with van der Waals surface area (Å²) in [5.74, 6) is 2.41. The maximum absolute atomic E-state index is 12.4. The molecule has 0 spiro atoms. The van der Waals surface area contributed by atoms with Gasteiger partial charge in [-0.15, -0.1) is 0 Å². The molecule has 4 heteroatoms. The van der Waals surface area contributed by atoms with E-state index in [1.54, 1.807) is 0 Å². The van der Waals surface area contributed by atoms with E-state index < -0.39 is 0 Å². The second kappa shape index (κ2) is 5.00. The van der Waals surface area contributed by atoms with Crippen LogP contribution in [-0.4, -0.2) is 11.6 Å². The largest absolute Gasteiger partial charge is 0.460 e. The minimum absolute atomic E-state index is 0.0738. The summed E-state index contributed by atoms with van der Waals surface area (Å²) in [7, 11) is 0. The number of furan rings is 1. The molecule has 3 atom stereocenters. The molecule has 0 radical (unpaired) electrons. The van der Waals surface area contributed by atoms with E-state index in [4.69, 9.17) is 4.42 Å². The van der Waals surface area contributed by atoms with Crippen LogP contribution in [0.1, 0.15) is 56.6 Å². The summed E-state index contributed by atoms with van der Waals surface area (Å²) >= 11 is 0. The molecular formula is C17H24N2O2. The molecule has 114 valence electrons. The van der Waals surface area contributed by atoms with Crippen LogP contribution in [-0.2, 0) is 4.79 Å². The van der Waals surface area contributed by atoms with Crippen LogP contribution in [0.2, 0.25) is 0 Å². The van der Waals surface area contributed by atoms with Gasteiger partial charge in [0.15, 0.2) is 5.76 Å². The molecule has 4 nitrogen and oxygen atoms in total. The predicted molar refractivity (Wildman–Crippen MR) is 82.1 cm³/mol.